The molecule has 25 heavy (non-hydrogen) atoms. The van der Waals surface area contributed by atoms with Crippen LogP contribution in [0.15, 0.2) is 24.3 Å². The Bertz CT molecular complexity index is 674. The molecule has 0 aliphatic heterocycles. The number of para-hydroxylation sites is 1. The Morgan fingerprint density at radius 1 is 1.20 bits per heavy atom. The SMILES string of the molecule is CC(=O)N[C@@H](C(=O)N[C@H](Cc1ccccc1[N+](=O)[O-])C(N)=O)C(C)C. The maximum absolute atomic E-state index is 12.4. The molecule has 0 heterocycles. The van der Waals surface area contributed by atoms with Gasteiger partial charge in [0.25, 0.3) is 5.69 Å². The first-order chi connectivity index (χ1) is 11.6. The lowest BCUT2D eigenvalue weighted by atomic mass is 10.0. The number of hydrogen-bond acceptors (Lipinski definition) is 5. The lowest BCUT2D eigenvalue weighted by molar-refractivity contribution is -0.385. The van der Waals surface area contributed by atoms with Gasteiger partial charge in [-0.05, 0) is 5.92 Å². The van der Waals surface area contributed by atoms with Crippen molar-refractivity contribution in [3.63, 3.8) is 0 Å². The van der Waals surface area contributed by atoms with Gasteiger partial charge >= 0.3 is 0 Å². The first-order valence-corrected chi connectivity index (χ1v) is 7.72. The van der Waals surface area contributed by atoms with Crippen molar-refractivity contribution in [2.45, 2.75) is 39.3 Å². The van der Waals surface area contributed by atoms with Gasteiger partial charge < -0.3 is 16.4 Å². The average Bonchev–Trinajstić information content (AvgIpc) is 2.51. The second-order valence-corrected chi connectivity index (χ2v) is 5.98. The van der Waals surface area contributed by atoms with E-state index < -0.39 is 28.8 Å². The number of rotatable bonds is 8. The molecule has 0 fully saturated rings. The Hall–Kier alpha value is -2.97. The van der Waals surface area contributed by atoms with Crippen molar-refractivity contribution >= 4 is 23.4 Å². The maximum atomic E-state index is 12.4. The third-order valence-corrected chi connectivity index (χ3v) is 3.58. The minimum Gasteiger partial charge on any atom is -0.368 e. The summed E-state index contributed by atoms with van der Waals surface area (Å²) in [6.45, 7) is 4.75. The Morgan fingerprint density at radius 3 is 2.28 bits per heavy atom. The minimum absolute atomic E-state index is 0.122. The second kappa shape index (κ2) is 8.76. The third-order valence-electron chi connectivity index (χ3n) is 3.58. The summed E-state index contributed by atoms with van der Waals surface area (Å²) in [6.07, 6.45) is -0.122. The number of primary amides is 1. The van der Waals surface area contributed by atoms with Crippen LogP contribution in [0.1, 0.15) is 26.3 Å². The summed E-state index contributed by atoms with van der Waals surface area (Å²) in [5.41, 5.74) is 5.44. The highest BCUT2D eigenvalue weighted by Gasteiger charge is 2.28. The fourth-order valence-electron chi connectivity index (χ4n) is 2.32. The molecule has 0 aromatic heterocycles. The van der Waals surface area contributed by atoms with Crippen molar-refractivity contribution in [1.29, 1.82) is 0 Å². The zero-order valence-corrected chi connectivity index (χ0v) is 14.3. The summed E-state index contributed by atoms with van der Waals surface area (Å²) in [4.78, 5) is 45.8. The van der Waals surface area contributed by atoms with Crippen LogP contribution in [0.4, 0.5) is 5.69 Å². The van der Waals surface area contributed by atoms with Crippen molar-refractivity contribution in [1.82, 2.24) is 10.6 Å². The molecule has 0 aliphatic carbocycles. The summed E-state index contributed by atoms with van der Waals surface area (Å²) < 4.78 is 0. The lowest BCUT2D eigenvalue weighted by Crippen LogP contribution is -2.55. The molecule has 0 saturated heterocycles. The molecule has 9 heteroatoms. The smallest absolute Gasteiger partial charge is 0.272 e. The molecule has 0 radical (unpaired) electrons. The minimum atomic E-state index is -1.14. The topological polar surface area (TPSA) is 144 Å². The van der Waals surface area contributed by atoms with E-state index in [1.54, 1.807) is 19.9 Å². The number of amides is 3. The van der Waals surface area contributed by atoms with Gasteiger partial charge in [0.05, 0.1) is 4.92 Å². The Morgan fingerprint density at radius 2 is 1.80 bits per heavy atom. The van der Waals surface area contributed by atoms with Gasteiger partial charge in [0, 0.05) is 25.0 Å². The van der Waals surface area contributed by atoms with Crippen LogP contribution in [-0.2, 0) is 20.8 Å². The second-order valence-electron chi connectivity index (χ2n) is 5.98. The molecule has 1 rings (SSSR count). The van der Waals surface area contributed by atoms with Crippen LogP contribution in [0.3, 0.4) is 0 Å². The van der Waals surface area contributed by atoms with Crippen molar-refractivity contribution in [2.75, 3.05) is 0 Å². The summed E-state index contributed by atoms with van der Waals surface area (Å²) in [5, 5.41) is 16.0. The predicted octanol–water partition coefficient (Wildman–Crippen LogP) is 0.268. The van der Waals surface area contributed by atoms with Crippen LogP contribution < -0.4 is 16.4 Å². The highest BCUT2D eigenvalue weighted by molar-refractivity contribution is 5.91. The molecule has 2 atom stereocenters. The Balaban J connectivity index is 2.98. The van der Waals surface area contributed by atoms with E-state index in [9.17, 15) is 24.5 Å². The Kier molecular flexibility index (Phi) is 7.04. The molecular weight excluding hydrogens is 328 g/mol. The van der Waals surface area contributed by atoms with Crippen molar-refractivity contribution in [2.24, 2.45) is 11.7 Å². The monoisotopic (exact) mass is 350 g/mol. The molecule has 0 saturated carbocycles. The average molecular weight is 350 g/mol. The van der Waals surface area contributed by atoms with Gasteiger partial charge in [-0.25, -0.2) is 0 Å². The first kappa shape index (κ1) is 20.1. The molecule has 1 aromatic rings. The van der Waals surface area contributed by atoms with E-state index in [1.807, 2.05) is 0 Å². The zero-order chi connectivity index (χ0) is 19.1. The number of hydrogen-bond donors (Lipinski definition) is 3. The standard InChI is InChI=1S/C16H22N4O5/c1-9(2)14(18-10(3)21)16(23)19-12(15(17)22)8-11-6-4-5-7-13(11)20(24)25/h4-7,9,12,14H,8H2,1-3H3,(H2,17,22)(H,18,21)(H,19,23)/t12-,14-/m1/s1. The van der Waals surface area contributed by atoms with E-state index in [2.05, 4.69) is 10.6 Å². The number of nitrogens with one attached hydrogen (secondary N) is 2. The summed E-state index contributed by atoms with van der Waals surface area (Å²) in [6, 6.07) is 3.92. The van der Waals surface area contributed by atoms with Crippen LogP contribution in [0, 0.1) is 16.0 Å². The molecule has 0 bridgehead atoms. The predicted molar refractivity (Wildman–Crippen MR) is 90.4 cm³/mol. The number of nitro groups is 1. The van der Waals surface area contributed by atoms with Crippen LogP contribution in [0.5, 0.6) is 0 Å². The molecule has 9 nitrogen and oxygen atoms in total. The first-order valence-electron chi connectivity index (χ1n) is 7.72. The van der Waals surface area contributed by atoms with E-state index >= 15 is 0 Å². The molecule has 0 spiro atoms. The normalized spacial score (nSPS) is 13.0. The van der Waals surface area contributed by atoms with E-state index in [0.29, 0.717) is 0 Å². The van der Waals surface area contributed by atoms with Gasteiger partial charge in [-0.3, -0.25) is 24.5 Å². The fourth-order valence-corrected chi connectivity index (χ4v) is 2.32. The number of nitro benzene ring substituents is 1. The molecule has 1 aromatic carbocycles. The van der Waals surface area contributed by atoms with E-state index in [0.717, 1.165) is 0 Å². The third kappa shape index (κ3) is 5.87. The van der Waals surface area contributed by atoms with Crippen molar-refractivity contribution in [3.8, 4) is 0 Å². The molecule has 136 valence electrons. The molecular formula is C16H22N4O5. The van der Waals surface area contributed by atoms with Gasteiger partial charge in [-0.15, -0.1) is 0 Å². The van der Waals surface area contributed by atoms with E-state index in [-0.39, 0.29) is 29.5 Å². The molecule has 0 aliphatic rings. The Labute approximate surface area is 145 Å². The van der Waals surface area contributed by atoms with Crippen LogP contribution >= 0.6 is 0 Å². The zero-order valence-electron chi connectivity index (χ0n) is 14.3. The fraction of sp³-hybridized carbons (Fsp3) is 0.438. The van der Waals surface area contributed by atoms with Crippen LogP contribution in [0.25, 0.3) is 0 Å². The van der Waals surface area contributed by atoms with Crippen LogP contribution in [-0.4, -0.2) is 34.7 Å². The lowest BCUT2D eigenvalue weighted by Gasteiger charge is -2.24. The highest BCUT2D eigenvalue weighted by Crippen LogP contribution is 2.19. The molecule has 3 amide bonds. The van der Waals surface area contributed by atoms with Gasteiger partial charge in [-0.2, -0.15) is 0 Å². The number of nitrogens with two attached hydrogens (primary N) is 1. The van der Waals surface area contributed by atoms with Gasteiger partial charge in [0.2, 0.25) is 17.7 Å². The summed E-state index contributed by atoms with van der Waals surface area (Å²) >= 11 is 0. The van der Waals surface area contributed by atoms with E-state index in [1.165, 1.54) is 25.1 Å². The van der Waals surface area contributed by atoms with E-state index in [4.69, 9.17) is 5.73 Å². The number of nitrogens with zero attached hydrogens (tertiary/aromatic N) is 1. The van der Waals surface area contributed by atoms with Crippen molar-refractivity contribution in [3.05, 3.63) is 39.9 Å². The molecule has 4 N–H and O–H groups in total. The largest absolute Gasteiger partial charge is 0.368 e. The van der Waals surface area contributed by atoms with Crippen molar-refractivity contribution < 1.29 is 19.3 Å². The van der Waals surface area contributed by atoms with Gasteiger partial charge in [-0.1, -0.05) is 32.0 Å². The summed E-state index contributed by atoms with van der Waals surface area (Å²) in [5.74, 6) is -2.00. The number of carbonyl (C=O) groups excluding carboxylic acids is 3. The van der Waals surface area contributed by atoms with Crippen LogP contribution in [0.2, 0.25) is 0 Å². The van der Waals surface area contributed by atoms with Gasteiger partial charge in [0.1, 0.15) is 12.1 Å². The summed E-state index contributed by atoms with van der Waals surface area (Å²) in [7, 11) is 0. The quantitative estimate of drug-likeness (QED) is 0.455. The highest BCUT2D eigenvalue weighted by atomic mass is 16.6. The molecule has 0 unspecified atom stereocenters. The number of carbonyl (C=O) groups is 3. The van der Waals surface area contributed by atoms with Gasteiger partial charge in [0.15, 0.2) is 0 Å². The maximum Gasteiger partial charge on any atom is 0.272 e. The number of benzene rings is 1.